The fourth-order valence-electron chi connectivity index (χ4n) is 4.23. The van der Waals surface area contributed by atoms with Crippen LogP contribution in [0.1, 0.15) is 30.0 Å². The molecule has 30 heavy (non-hydrogen) atoms. The number of methoxy groups -OCH3 is 2. The van der Waals surface area contributed by atoms with Gasteiger partial charge in [0.25, 0.3) is 0 Å². The standard InChI is InChI=1S/C26H27NO3/c1-29-22-16-14-20(15-17-22)25-24(13-6-10-19-8-4-3-5-9-19)26(28)27(25)21-11-7-12-23(18-21)30-2/h3-5,7-9,11-12,14-18,24-25H,6,10,13H2,1-2H3/t24-,25-/m0/s1. The fraction of sp³-hybridized carbons (Fsp3) is 0.269. The summed E-state index contributed by atoms with van der Waals surface area (Å²) in [5.74, 6) is 1.73. The van der Waals surface area contributed by atoms with E-state index >= 15 is 0 Å². The average Bonchev–Trinajstić information content (AvgIpc) is 2.81. The predicted octanol–water partition coefficient (Wildman–Crippen LogP) is 5.43. The zero-order chi connectivity index (χ0) is 20.9. The number of hydrogen-bond donors (Lipinski definition) is 0. The van der Waals surface area contributed by atoms with Crippen molar-refractivity contribution in [3.05, 3.63) is 90.0 Å². The number of carbonyl (C=O) groups is 1. The molecule has 0 saturated carbocycles. The summed E-state index contributed by atoms with van der Waals surface area (Å²) in [6.45, 7) is 0. The second-order valence-corrected chi connectivity index (χ2v) is 7.61. The van der Waals surface area contributed by atoms with Crippen molar-refractivity contribution in [2.75, 3.05) is 19.1 Å². The number of nitrogens with zero attached hydrogens (tertiary/aromatic N) is 1. The van der Waals surface area contributed by atoms with Crippen LogP contribution < -0.4 is 14.4 Å². The SMILES string of the molecule is COc1ccc([C@H]2[C@H](CCCc3ccccc3)C(=O)N2c2cccc(OC)c2)cc1. The highest BCUT2D eigenvalue weighted by atomic mass is 16.5. The summed E-state index contributed by atoms with van der Waals surface area (Å²) in [5, 5.41) is 0. The number of anilines is 1. The van der Waals surface area contributed by atoms with Crippen molar-refractivity contribution < 1.29 is 14.3 Å². The predicted molar refractivity (Wildman–Crippen MR) is 119 cm³/mol. The zero-order valence-corrected chi connectivity index (χ0v) is 17.5. The Kier molecular flexibility index (Phi) is 6.03. The maximum absolute atomic E-state index is 13.2. The van der Waals surface area contributed by atoms with Gasteiger partial charge in [0.2, 0.25) is 5.91 Å². The normalized spacial score (nSPS) is 18.1. The summed E-state index contributed by atoms with van der Waals surface area (Å²) in [5.41, 5.74) is 3.32. The molecule has 1 aliphatic rings. The third kappa shape index (κ3) is 4.04. The third-order valence-electron chi connectivity index (χ3n) is 5.83. The smallest absolute Gasteiger partial charge is 0.233 e. The van der Waals surface area contributed by atoms with Crippen LogP contribution >= 0.6 is 0 Å². The van der Waals surface area contributed by atoms with Gasteiger partial charge in [0.1, 0.15) is 11.5 Å². The number of amides is 1. The number of benzene rings is 3. The fourth-order valence-corrected chi connectivity index (χ4v) is 4.23. The van der Waals surface area contributed by atoms with Crippen LogP contribution in [-0.2, 0) is 11.2 Å². The molecule has 4 heteroatoms. The van der Waals surface area contributed by atoms with Gasteiger partial charge in [-0.2, -0.15) is 0 Å². The molecule has 1 fully saturated rings. The van der Waals surface area contributed by atoms with E-state index < -0.39 is 0 Å². The second-order valence-electron chi connectivity index (χ2n) is 7.61. The summed E-state index contributed by atoms with van der Waals surface area (Å²) in [6.07, 6.45) is 2.84. The zero-order valence-electron chi connectivity index (χ0n) is 17.5. The first kappa shape index (κ1) is 20.0. The first-order valence-corrected chi connectivity index (χ1v) is 10.4. The Morgan fingerprint density at radius 2 is 1.57 bits per heavy atom. The van der Waals surface area contributed by atoms with Crippen LogP contribution in [0.2, 0.25) is 0 Å². The molecule has 0 bridgehead atoms. The highest BCUT2D eigenvalue weighted by molar-refractivity contribution is 6.03. The molecule has 0 radical (unpaired) electrons. The van der Waals surface area contributed by atoms with E-state index in [1.165, 1.54) is 5.56 Å². The van der Waals surface area contributed by atoms with E-state index in [0.717, 1.165) is 42.0 Å². The molecule has 0 N–H and O–H groups in total. The number of ether oxygens (including phenoxy) is 2. The van der Waals surface area contributed by atoms with Gasteiger partial charge in [-0.25, -0.2) is 0 Å². The van der Waals surface area contributed by atoms with Crippen molar-refractivity contribution in [1.29, 1.82) is 0 Å². The Balaban J connectivity index is 1.56. The molecule has 1 saturated heterocycles. The van der Waals surface area contributed by atoms with Crippen molar-refractivity contribution in [2.24, 2.45) is 5.92 Å². The minimum atomic E-state index is -0.0201. The van der Waals surface area contributed by atoms with Crippen LogP contribution in [-0.4, -0.2) is 20.1 Å². The summed E-state index contributed by atoms with van der Waals surface area (Å²) in [6, 6.07) is 26.2. The lowest BCUT2D eigenvalue weighted by Gasteiger charge is -2.47. The molecule has 154 valence electrons. The minimum Gasteiger partial charge on any atom is -0.497 e. The summed E-state index contributed by atoms with van der Waals surface area (Å²) >= 11 is 0. The van der Waals surface area contributed by atoms with E-state index in [4.69, 9.17) is 9.47 Å². The van der Waals surface area contributed by atoms with E-state index in [9.17, 15) is 4.79 Å². The number of β-lactam (4-membered cyclic amide) rings is 1. The maximum Gasteiger partial charge on any atom is 0.233 e. The highest BCUT2D eigenvalue weighted by Crippen LogP contribution is 2.46. The van der Waals surface area contributed by atoms with E-state index in [1.54, 1.807) is 14.2 Å². The van der Waals surface area contributed by atoms with Crippen LogP contribution in [0.4, 0.5) is 5.69 Å². The number of carbonyl (C=O) groups excluding carboxylic acids is 1. The molecule has 0 spiro atoms. The van der Waals surface area contributed by atoms with Crippen LogP contribution in [0.3, 0.4) is 0 Å². The molecule has 4 nitrogen and oxygen atoms in total. The van der Waals surface area contributed by atoms with Gasteiger partial charge >= 0.3 is 0 Å². The number of rotatable bonds is 8. The van der Waals surface area contributed by atoms with Gasteiger partial charge in [0.15, 0.2) is 0 Å². The van der Waals surface area contributed by atoms with Crippen molar-refractivity contribution in [3.63, 3.8) is 0 Å². The summed E-state index contributed by atoms with van der Waals surface area (Å²) < 4.78 is 10.7. The Labute approximate surface area is 178 Å². The summed E-state index contributed by atoms with van der Waals surface area (Å²) in [4.78, 5) is 15.1. The number of aryl methyl sites for hydroxylation is 1. The monoisotopic (exact) mass is 401 g/mol. The lowest BCUT2D eigenvalue weighted by Crippen LogP contribution is -2.55. The molecule has 4 rings (SSSR count). The maximum atomic E-state index is 13.2. The quantitative estimate of drug-likeness (QED) is 0.472. The Bertz CT molecular complexity index is 985. The van der Waals surface area contributed by atoms with Crippen molar-refractivity contribution in [2.45, 2.75) is 25.3 Å². The van der Waals surface area contributed by atoms with Gasteiger partial charge in [-0.3, -0.25) is 4.79 Å². The van der Waals surface area contributed by atoms with Gasteiger partial charge in [-0.1, -0.05) is 48.5 Å². The third-order valence-corrected chi connectivity index (χ3v) is 5.83. The van der Waals surface area contributed by atoms with E-state index in [1.807, 2.05) is 47.4 Å². The topological polar surface area (TPSA) is 38.8 Å². The van der Waals surface area contributed by atoms with Crippen molar-refractivity contribution in [1.82, 2.24) is 0 Å². The van der Waals surface area contributed by atoms with Gasteiger partial charge < -0.3 is 14.4 Å². The van der Waals surface area contributed by atoms with Crippen LogP contribution in [0.25, 0.3) is 0 Å². The molecule has 1 heterocycles. The molecule has 3 aromatic carbocycles. The first-order chi connectivity index (χ1) is 14.7. The highest BCUT2D eigenvalue weighted by Gasteiger charge is 2.48. The summed E-state index contributed by atoms with van der Waals surface area (Å²) in [7, 11) is 3.31. The molecule has 3 aromatic rings. The Morgan fingerprint density at radius 3 is 2.27 bits per heavy atom. The van der Waals surface area contributed by atoms with Crippen LogP contribution in [0, 0.1) is 5.92 Å². The molecular weight excluding hydrogens is 374 g/mol. The molecule has 1 aliphatic heterocycles. The van der Waals surface area contributed by atoms with Gasteiger partial charge in [0.05, 0.1) is 26.2 Å². The van der Waals surface area contributed by atoms with Crippen molar-refractivity contribution >= 4 is 11.6 Å². The van der Waals surface area contributed by atoms with Gasteiger partial charge in [-0.05, 0) is 54.7 Å². The average molecular weight is 402 g/mol. The minimum absolute atomic E-state index is 0.0197. The van der Waals surface area contributed by atoms with Crippen molar-refractivity contribution in [3.8, 4) is 11.5 Å². The molecule has 0 unspecified atom stereocenters. The Hall–Kier alpha value is -3.27. The Morgan fingerprint density at radius 1 is 0.833 bits per heavy atom. The molecule has 1 amide bonds. The molecular formula is C26H27NO3. The lowest BCUT2D eigenvalue weighted by atomic mass is 9.78. The largest absolute Gasteiger partial charge is 0.497 e. The first-order valence-electron chi connectivity index (χ1n) is 10.4. The molecule has 0 aromatic heterocycles. The molecule has 2 atom stereocenters. The van der Waals surface area contributed by atoms with E-state index in [0.29, 0.717) is 0 Å². The second kappa shape index (κ2) is 9.04. The van der Waals surface area contributed by atoms with Gasteiger partial charge in [0, 0.05) is 11.8 Å². The lowest BCUT2D eigenvalue weighted by molar-refractivity contribution is -0.130. The van der Waals surface area contributed by atoms with E-state index in [-0.39, 0.29) is 17.9 Å². The van der Waals surface area contributed by atoms with E-state index in [2.05, 4.69) is 36.4 Å². The van der Waals surface area contributed by atoms with Crippen LogP contribution in [0.15, 0.2) is 78.9 Å². The number of hydrogen-bond acceptors (Lipinski definition) is 3. The molecule has 0 aliphatic carbocycles. The van der Waals surface area contributed by atoms with Gasteiger partial charge in [-0.15, -0.1) is 0 Å². The van der Waals surface area contributed by atoms with Crippen LogP contribution in [0.5, 0.6) is 11.5 Å².